The van der Waals surface area contributed by atoms with E-state index in [4.69, 9.17) is 14.2 Å². The Balaban J connectivity index is 1.63. The van der Waals surface area contributed by atoms with Crippen LogP contribution in [-0.2, 0) is 16.1 Å². The van der Waals surface area contributed by atoms with Crippen LogP contribution in [-0.4, -0.2) is 23.4 Å². The van der Waals surface area contributed by atoms with E-state index in [1.165, 1.54) is 6.07 Å². The summed E-state index contributed by atoms with van der Waals surface area (Å²) in [6.45, 7) is 4.35. The maximum absolute atomic E-state index is 12.5. The molecule has 35 heavy (non-hydrogen) atoms. The monoisotopic (exact) mass is 584 g/mol. The summed E-state index contributed by atoms with van der Waals surface area (Å²) in [5.74, 6) is 0.544. The highest BCUT2D eigenvalue weighted by atomic mass is 127. The SMILES string of the molecule is CCOc1cc(/C=C2\N=C(c3ccc(C)c([N+](=O)[O-])c3)OC2=O)cc(I)c1OCc1ccccc1. The third kappa shape index (κ3) is 5.68. The number of nitro groups is 1. The quantitative estimate of drug-likeness (QED) is 0.109. The molecule has 0 aliphatic carbocycles. The van der Waals surface area contributed by atoms with Crippen molar-refractivity contribution in [1.29, 1.82) is 0 Å². The predicted molar refractivity (Wildman–Crippen MR) is 140 cm³/mol. The first-order valence-corrected chi connectivity index (χ1v) is 11.8. The number of nitrogens with zero attached hydrogens (tertiary/aromatic N) is 2. The van der Waals surface area contributed by atoms with Crippen LogP contribution >= 0.6 is 22.6 Å². The third-order valence-corrected chi connectivity index (χ3v) is 5.94. The minimum Gasteiger partial charge on any atom is -0.490 e. The standard InChI is InChI=1S/C26H21IN2O6/c1-3-33-23-13-18(11-20(27)24(23)34-15-17-7-5-4-6-8-17)12-21-26(30)35-25(28-21)19-10-9-16(2)22(14-19)29(31)32/h4-14H,3,15H2,1-2H3/b21-12-. The molecule has 3 aromatic rings. The second-order valence-corrected chi connectivity index (χ2v) is 8.79. The molecule has 1 heterocycles. The Hall–Kier alpha value is -3.73. The Bertz CT molecular complexity index is 1350. The zero-order valence-electron chi connectivity index (χ0n) is 19.0. The van der Waals surface area contributed by atoms with Crippen molar-refractivity contribution in [2.45, 2.75) is 20.5 Å². The van der Waals surface area contributed by atoms with Crippen LogP contribution in [0.3, 0.4) is 0 Å². The van der Waals surface area contributed by atoms with E-state index in [9.17, 15) is 14.9 Å². The van der Waals surface area contributed by atoms with Crippen molar-refractivity contribution in [2.24, 2.45) is 4.99 Å². The van der Waals surface area contributed by atoms with Gasteiger partial charge >= 0.3 is 5.97 Å². The van der Waals surface area contributed by atoms with E-state index in [0.29, 0.717) is 41.4 Å². The van der Waals surface area contributed by atoms with Gasteiger partial charge in [0.2, 0.25) is 5.90 Å². The van der Waals surface area contributed by atoms with Gasteiger partial charge in [0, 0.05) is 17.2 Å². The molecule has 4 rings (SSSR count). The molecule has 0 spiro atoms. The van der Waals surface area contributed by atoms with Gasteiger partial charge in [-0.2, -0.15) is 0 Å². The maximum atomic E-state index is 12.5. The highest BCUT2D eigenvalue weighted by Crippen LogP contribution is 2.36. The fourth-order valence-corrected chi connectivity index (χ4v) is 4.21. The summed E-state index contributed by atoms with van der Waals surface area (Å²) in [4.78, 5) is 27.5. The minimum atomic E-state index is -0.638. The van der Waals surface area contributed by atoms with Gasteiger partial charge < -0.3 is 14.2 Å². The number of aryl methyl sites for hydroxylation is 1. The molecule has 0 N–H and O–H groups in total. The molecular weight excluding hydrogens is 563 g/mol. The molecule has 0 aromatic heterocycles. The van der Waals surface area contributed by atoms with E-state index in [1.807, 2.05) is 43.3 Å². The minimum absolute atomic E-state index is 0.0203. The number of aliphatic imine (C=N–C) groups is 1. The molecule has 9 heteroatoms. The van der Waals surface area contributed by atoms with Gasteiger partial charge in [0.05, 0.1) is 15.1 Å². The molecule has 0 saturated carbocycles. The van der Waals surface area contributed by atoms with E-state index < -0.39 is 10.9 Å². The van der Waals surface area contributed by atoms with Crippen LogP contribution in [0.1, 0.15) is 29.2 Å². The second kappa shape index (κ2) is 10.7. The molecule has 0 saturated heterocycles. The van der Waals surface area contributed by atoms with Crippen LogP contribution in [0.4, 0.5) is 5.69 Å². The number of ether oxygens (including phenoxy) is 3. The molecule has 178 valence electrons. The summed E-state index contributed by atoms with van der Waals surface area (Å²) in [7, 11) is 0. The molecule has 1 aliphatic heterocycles. The van der Waals surface area contributed by atoms with Gasteiger partial charge in [-0.25, -0.2) is 9.79 Å². The van der Waals surface area contributed by atoms with Crippen molar-refractivity contribution < 1.29 is 23.9 Å². The first kappa shape index (κ1) is 24.4. The third-order valence-electron chi connectivity index (χ3n) is 5.13. The second-order valence-electron chi connectivity index (χ2n) is 7.63. The van der Waals surface area contributed by atoms with Crippen molar-refractivity contribution in [3.05, 3.63) is 102 Å². The Morgan fingerprint density at radius 3 is 2.60 bits per heavy atom. The lowest BCUT2D eigenvalue weighted by atomic mass is 10.1. The fraction of sp³-hybridized carbons (Fsp3) is 0.154. The highest BCUT2D eigenvalue weighted by molar-refractivity contribution is 14.1. The van der Waals surface area contributed by atoms with E-state index >= 15 is 0 Å². The molecule has 8 nitrogen and oxygen atoms in total. The summed E-state index contributed by atoms with van der Waals surface area (Å²) in [6.07, 6.45) is 1.59. The van der Waals surface area contributed by atoms with Gasteiger partial charge in [-0.05, 0) is 71.8 Å². The zero-order chi connectivity index (χ0) is 24.9. The largest absolute Gasteiger partial charge is 0.490 e. The van der Waals surface area contributed by atoms with Gasteiger partial charge in [-0.15, -0.1) is 0 Å². The lowest BCUT2D eigenvalue weighted by Gasteiger charge is -2.15. The number of hydrogen-bond donors (Lipinski definition) is 0. The smallest absolute Gasteiger partial charge is 0.363 e. The van der Waals surface area contributed by atoms with E-state index in [2.05, 4.69) is 27.6 Å². The first-order chi connectivity index (χ1) is 16.9. The van der Waals surface area contributed by atoms with Crippen LogP contribution < -0.4 is 9.47 Å². The summed E-state index contributed by atoms with van der Waals surface area (Å²) in [5.41, 5.74) is 2.58. The van der Waals surface area contributed by atoms with Crippen molar-refractivity contribution >= 4 is 46.2 Å². The maximum Gasteiger partial charge on any atom is 0.363 e. The molecule has 0 amide bonds. The number of rotatable bonds is 8. The molecule has 0 bridgehead atoms. The van der Waals surface area contributed by atoms with Gasteiger partial charge in [0.15, 0.2) is 17.2 Å². The van der Waals surface area contributed by atoms with E-state index in [-0.39, 0.29) is 17.3 Å². The molecule has 0 radical (unpaired) electrons. The molecule has 1 aliphatic rings. The number of esters is 1. The number of cyclic esters (lactones) is 1. The molecule has 0 unspecified atom stereocenters. The number of halogens is 1. The van der Waals surface area contributed by atoms with Crippen LogP contribution in [0.25, 0.3) is 6.08 Å². The van der Waals surface area contributed by atoms with Crippen LogP contribution in [0.5, 0.6) is 11.5 Å². The fourth-order valence-electron chi connectivity index (χ4n) is 3.43. The predicted octanol–water partition coefficient (Wildman–Crippen LogP) is 5.83. The average molecular weight is 584 g/mol. The summed E-state index contributed by atoms with van der Waals surface area (Å²) >= 11 is 2.16. The number of hydrogen-bond acceptors (Lipinski definition) is 7. The normalized spacial score (nSPS) is 14.0. The summed E-state index contributed by atoms with van der Waals surface area (Å²) in [5, 5.41) is 11.3. The van der Waals surface area contributed by atoms with Gasteiger partial charge in [-0.3, -0.25) is 10.1 Å². The number of carbonyl (C=O) groups is 1. The van der Waals surface area contributed by atoms with Crippen LogP contribution in [0.15, 0.2) is 71.4 Å². The Labute approximate surface area is 215 Å². The highest BCUT2D eigenvalue weighted by Gasteiger charge is 2.26. The van der Waals surface area contributed by atoms with E-state index in [0.717, 1.165) is 9.13 Å². The number of nitro benzene ring substituents is 1. The van der Waals surface area contributed by atoms with Gasteiger partial charge in [0.1, 0.15) is 6.61 Å². The number of benzene rings is 3. The molecule has 0 fully saturated rings. The van der Waals surface area contributed by atoms with Crippen molar-refractivity contribution in [3.8, 4) is 11.5 Å². The summed E-state index contributed by atoms with van der Waals surface area (Å²) in [6, 6.07) is 18.0. The van der Waals surface area contributed by atoms with Crippen molar-refractivity contribution in [1.82, 2.24) is 0 Å². The van der Waals surface area contributed by atoms with Crippen LogP contribution in [0, 0.1) is 20.6 Å². The summed E-state index contributed by atoms with van der Waals surface area (Å²) < 4.78 is 17.9. The van der Waals surface area contributed by atoms with Crippen molar-refractivity contribution in [2.75, 3.05) is 6.61 Å². The molecule has 0 atom stereocenters. The van der Waals surface area contributed by atoms with Crippen LogP contribution in [0.2, 0.25) is 0 Å². The average Bonchev–Trinajstić information content (AvgIpc) is 3.19. The van der Waals surface area contributed by atoms with Gasteiger partial charge in [-0.1, -0.05) is 36.4 Å². The molecular formula is C26H21IN2O6. The zero-order valence-corrected chi connectivity index (χ0v) is 21.1. The van der Waals surface area contributed by atoms with Gasteiger partial charge in [0.25, 0.3) is 5.69 Å². The Morgan fingerprint density at radius 1 is 1.11 bits per heavy atom. The van der Waals surface area contributed by atoms with E-state index in [1.54, 1.807) is 31.2 Å². The molecule has 3 aromatic carbocycles. The first-order valence-electron chi connectivity index (χ1n) is 10.8. The lowest BCUT2D eigenvalue weighted by molar-refractivity contribution is -0.385. The van der Waals surface area contributed by atoms with Crippen molar-refractivity contribution in [3.63, 3.8) is 0 Å². The Morgan fingerprint density at radius 2 is 1.89 bits per heavy atom. The lowest BCUT2D eigenvalue weighted by Crippen LogP contribution is -2.06. The number of carbonyl (C=O) groups excluding carboxylic acids is 1. The topological polar surface area (TPSA) is 100 Å². The Kier molecular flexibility index (Phi) is 7.45.